The average Bonchev–Trinajstić information content (AvgIpc) is 1.97. The number of carbonyl (C=O) groups is 3. The molecule has 64 valence electrons. The topological polar surface area (TPSA) is 91.7 Å². The van der Waals surface area contributed by atoms with Gasteiger partial charge in [-0.05, 0) is 6.08 Å². The Morgan fingerprint density at radius 3 is 1.83 bits per heavy atom. The first-order chi connectivity index (χ1) is 5.54. The van der Waals surface area contributed by atoms with Crippen LogP contribution in [0.3, 0.4) is 0 Å². The molecule has 0 aliphatic rings. The highest BCUT2D eigenvalue weighted by Gasteiger charge is 2.04. The lowest BCUT2D eigenvalue weighted by Crippen LogP contribution is -2.08. The molecular formula is C7H6O5. The third-order valence-electron chi connectivity index (χ3n) is 0.808. The number of hydrogen-bond acceptors (Lipinski definition) is 3. The summed E-state index contributed by atoms with van der Waals surface area (Å²) in [5, 5.41) is 16.1. The number of rotatable bonds is 4. The molecule has 0 aromatic carbocycles. The Labute approximate surface area is 67.6 Å². The van der Waals surface area contributed by atoms with Crippen LogP contribution in [0.2, 0.25) is 0 Å². The van der Waals surface area contributed by atoms with E-state index in [1.54, 1.807) is 0 Å². The van der Waals surface area contributed by atoms with Gasteiger partial charge in [-0.15, -0.1) is 0 Å². The molecule has 0 atom stereocenters. The Kier molecular flexibility index (Phi) is 4.07. The fourth-order valence-corrected chi connectivity index (χ4v) is 0.352. The van der Waals surface area contributed by atoms with Gasteiger partial charge in [0.25, 0.3) is 5.78 Å². The molecule has 0 bridgehead atoms. The maximum absolute atomic E-state index is 10.3. The van der Waals surface area contributed by atoms with E-state index < -0.39 is 17.7 Å². The van der Waals surface area contributed by atoms with E-state index in [0.717, 1.165) is 24.3 Å². The van der Waals surface area contributed by atoms with Crippen LogP contribution in [0.15, 0.2) is 24.3 Å². The third-order valence-corrected chi connectivity index (χ3v) is 0.808. The monoisotopic (exact) mass is 170 g/mol. The summed E-state index contributed by atoms with van der Waals surface area (Å²) in [7, 11) is 0. The molecule has 0 saturated carbocycles. The Morgan fingerprint density at radius 2 is 1.42 bits per heavy atom. The molecule has 0 spiro atoms. The molecule has 5 heteroatoms. The van der Waals surface area contributed by atoms with Crippen molar-refractivity contribution in [2.75, 3.05) is 0 Å². The number of carboxylic acids is 2. The summed E-state index contributed by atoms with van der Waals surface area (Å²) in [5.41, 5.74) is 0. The molecule has 0 saturated heterocycles. The van der Waals surface area contributed by atoms with Crippen molar-refractivity contribution >= 4 is 17.7 Å². The number of ketones is 1. The van der Waals surface area contributed by atoms with E-state index in [2.05, 4.69) is 0 Å². The second-order valence-electron chi connectivity index (χ2n) is 1.73. The molecule has 0 rings (SSSR count). The van der Waals surface area contributed by atoms with Gasteiger partial charge >= 0.3 is 11.9 Å². The zero-order chi connectivity index (χ0) is 9.56. The molecular weight excluding hydrogens is 164 g/mol. The minimum absolute atomic E-state index is 0.766. The van der Waals surface area contributed by atoms with Gasteiger partial charge in [-0.2, -0.15) is 0 Å². The zero-order valence-corrected chi connectivity index (χ0v) is 5.93. The smallest absolute Gasteiger partial charge is 0.376 e. The molecule has 5 nitrogen and oxygen atoms in total. The van der Waals surface area contributed by atoms with Gasteiger partial charge in [-0.25, -0.2) is 9.59 Å². The van der Waals surface area contributed by atoms with E-state index in [1.807, 2.05) is 0 Å². The van der Waals surface area contributed by atoms with Crippen LogP contribution in [0, 0.1) is 0 Å². The first kappa shape index (κ1) is 10.1. The Morgan fingerprint density at radius 1 is 0.917 bits per heavy atom. The van der Waals surface area contributed by atoms with Crippen LogP contribution in [0.5, 0.6) is 0 Å². The van der Waals surface area contributed by atoms with Crippen LogP contribution in [0.4, 0.5) is 0 Å². The lowest BCUT2D eigenvalue weighted by molar-refractivity contribution is -0.146. The number of aliphatic carboxylic acids is 2. The summed E-state index contributed by atoms with van der Waals surface area (Å²) in [5.74, 6) is -3.83. The van der Waals surface area contributed by atoms with Gasteiger partial charge in [0.1, 0.15) is 0 Å². The Bertz CT molecular complexity index is 261. The highest BCUT2D eigenvalue weighted by atomic mass is 16.4. The van der Waals surface area contributed by atoms with E-state index in [1.165, 1.54) is 0 Å². The molecule has 12 heavy (non-hydrogen) atoms. The second-order valence-corrected chi connectivity index (χ2v) is 1.73. The normalized spacial score (nSPS) is 10.7. The van der Waals surface area contributed by atoms with Gasteiger partial charge in [-0.3, -0.25) is 4.79 Å². The molecule has 0 heterocycles. The summed E-state index contributed by atoms with van der Waals surface area (Å²) in [6, 6.07) is 0. The summed E-state index contributed by atoms with van der Waals surface area (Å²) in [6.07, 6.45) is 3.65. The highest BCUT2D eigenvalue weighted by molar-refractivity contribution is 6.37. The van der Waals surface area contributed by atoms with Crippen molar-refractivity contribution in [2.45, 2.75) is 0 Å². The predicted molar refractivity (Wildman–Crippen MR) is 38.6 cm³/mol. The van der Waals surface area contributed by atoms with Crippen LogP contribution in [-0.4, -0.2) is 27.9 Å². The first-order valence-electron chi connectivity index (χ1n) is 2.89. The minimum Gasteiger partial charge on any atom is -0.478 e. The maximum Gasteiger partial charge on any atom is 0.376 e. The van der Waals surface area contributed by atoms with E-state index in [4.69, 9.17) is 10.2 Å². The predicted octanol–water partition coefficient (Wildman–Crippen LogP) is -0.163. The van der Waals surface area contributed by atoms with E-state index in [-0.39, 0.29) is 0 Å². The second kappa shape index (κ2) is 4.84. The van der Waals surface area contributed by atoms with Crippen molar-refractivity contribution in [1.29, 1.82) is 0 Å². The molecule has 0 radical (unpaired) electrons. The molecule has 0 fully saturated rings. The minimum atomic E-state index is -1.57. The van der Waals surface area contributed by atoms with Crippen molar-refractivity contribution in [2.24, 2.45) is 0 Å². The standard InChI is InChI=1S/C7H6O5/c8-5(7(11)12)3-1-2-4-6(9)10/h1-4H,(H,9,10)(H,11,12)/b3-1+,4-2-. The number of carbonyl (C=O) groups excluding carboxylic acids is 1. The van der Waals surface area contributed by atoms with Crippen LogP contribution < -0.4 is 0 Å². The Hall–Kier alpha value is -1.91. The van der Waals surface area contributed by atoms with E-state index in [0.29, 0.717) is 0 Å². The SMILES string of the molecule is O=C(O)/C=C\C=C\C(=O)C(=O)O. The van der Waals surface area contributed by atoms with Crippen molar-refractivity contribution in [3.05, 3.63) is 24.3 Å². The van der Waals surface area contributed by atoms with Gasteiger partial charge in [0.05, 0.1) is 0 Å². The van der Waals surface area contributed by atoms with E-state index >= 15 is 0 Å². The lowest BCUT2D eigenvalue weighted by Gasteiger charge is -1.80. The summed E-state index contributed by atoms with van der Waals surface area (Å²) in [6.45, 7) is 0. The molecule has 2 N–H and O–H groups in total. The lowest BCUT2D eigenvalue weighted by atomic mass is 10.3. The summed E-state index contributed by atoms with van der Waals surface area (Å²) in [4.78, 5) is 30.1. The van der Waals surface area contributed by atoms with Crippen molar-refractivity contribution in [3.8, 4) is 0 Å². The van der Waals surface area contributed by atoms with Gasteiger partial charge < -0.3 is 10.2 Å². The quantitative estimate of drug-likeness (QED) is 0.347. The third kappa shape index (κ3) is 4.92. The fourth-order valence-electron chi connectivity index (χ4n) is 0.352. The molecule has 0 aliphatic heterocycles. The molecule has 0 aromatic rings. The van der Waals surface area contributed by atoms with Crippen LogP contribution in [-0.2, 0) is 14.4 Å². The number of allylic oxidation sites excluding steroid dienone is 2. The number of carboxylic acid groups (broad SMARTS) is 2. The average molecular weight is 170 g/mol. The van der Waals surface area contributed by atoms with E-state index in [9.17, 15) is 14.4 Å². The largest absolute Gasteiger partial charge is 0.478 e. The molecule has 0 aromatic heterocycles. The fraction of sp³-hybridized carbons (Fsp3) is 0. The number of hydrogen-bond donors (Lipinski definition) is 2. The molecule has 0 unspecified atom stereocenters. The highest BCUT2D eigenvalue weighted by Crippen LogP contribution is 1.80. The van der Waals surface area contributed by atoms with Gasteiger partial charge in [-0.1, -0.05) is 12.2 Å². The van der Waals surface area contributed by atoms with Gasteiger partial charge in [0.2, 0.25) is 0 Å². The van der Waals surface area contributed by atoms with Crippen LogP contribution in [0.25, 0.3) is 0 Å². The van der Waals surface area contributed by atoms with Crippen molar-refractivity contribution < 1.29 is 24.6 Å². The van der Waals surface area contributed by atoms with Gasteiger partial charge in [0.15, 0.2) is 0 Å². The summed E-state index contributed by atoms with van der Waals surface area (Å²) < 4.78 is 0. The first-order valence-corrected chi connectivity index (χ1v) is 2.89. The molecule has 0 amide bonds. The molecule has 0 aliphatic carbocycles. The van der Waals surface area contributed by atoms with Gasteiger partial charge in [0, 0.05) is 6.08 Å². The maximum atomic E-state index is 10.3. The Balaban J connectivity index is 4.01. The van der Waals surface area contributed by atoms with Crippen LogP contribution in [0.1, 0.15) is 0 Å². The summed E-state index contributed by atoms with van der Waals surface area (Å²) >= 11 is 0. The zero-order valence-electron chi connectivity index (χ0n) is 5.93. The van der Waals surface area contributed by atoms with Crippen molar-refractivity contribution in [1.82, 2.24) is 0 Å². The van der Waals surface area contributed by atoms with Crippen LogP contribution >= 0.6 is 0 Å². The van der Waals surface area contributed by atoms with Crippen molar-refractivity contribution in [3.63, 3.8) is 0 Å².